The summed E-state index contributed by atoms with van der Waals surface area (Å²) in [6.07, 6.45) is 10.1. The third-order valence-electron chi connectivity index (χ3n) is 4.75. The first-order valence-corrected chi connectivity index (χ1v) is 9.23. The van der Waals surface area contributed by atoms with E-state index in [4.69, 9.17) is 4.52 Å². The summed E-state index contributed by atoms with van der Waals surface area (Å²) in [6.45, 7) is 3.65. The van der Waals surface area contributed by atoms with Crippen LogP contribution in [-0.4, -0.2) is 43.8 Å². The van der Waals surface area contributed by atoms with Crippen LogP contribution in [-0.2, 0) is 24.7 Å². The summed E-state index contributed by atoms with van der Waals surface area (Å²) in [6, 6.07) is 0. The standard InChI is InChI=1S/C18H27N5O2/c1-3-4-7-16-20-18(25-21-16)15-6-5-10-23(13-15)17(24)9-8-14-11-19-22(2)12-14/h11-12,15H,3-10,13H2,1-2H3/t15-/m1/s1. The van der Waals surface area contributed by atoms with E-state index in [1.807, 2.05) is 24.3 Å². The van der Waals surface area contributed by atoms with Crippen molar-refractivity contribution < 1.29 is 9.32 Å². The second kappa shape index (κ2) is 8.27. The van der Waals surface area contributed by atoms with Gasteiger partial charge in [0.2, 0.25) is 11.8 Å². The summed E-state index contributed by atoms with van der Waals surface area (Å²) in [4.78, 5) is 19.0. The molecule has 3 heterocycles. The number of rotatable bonds is 7. The van der Waals surface area contributed by atoms with E-state index in [0.717, 1.165) is 56.5 Å². The van der Waals surface area contributed by atoms with Crippen molar-refractivity contribution >= 4 is 5.91 Å². The highest BCUT2D eigenvalue weighted by molar-refractivity contribution is 5.76. The molecule has 0 aromatic carbocycles. The number of carbonyl (C=O) groups is 1. The molecule has 1 aliphatic heterocycles. The molecule has 0 N–H and O–H groups in total. The van der Waals surface area contributed by atoms with Crippen molar-refractivity contribution in [1.29, 1.82) is 0 Å². The zero-order valence-corrected chi connectivity index (χ0v) is 15.1. The van der Waals surface area contributed by atoms with Gasteiger partial charge in [0.25, 0.3) is 0 Å². The van der Waals surface area contributed by atoms with E-state index < -0.39 is 0 Å². The van der Waals surface area contributed by atoms with Crippen LogP contribution in [0, 0.1) is 0 Å². The van der Waals surface area contributed by atoms with Crippen molar-refractivity contribution in [3.8, 4) is 0 Å². The first-order chi connectivity index (χ1) is 12.2. The van der Waals surface area contributed by atoms with Gasteiger partial charge in [-0.15, -0.1) is 0 Å². The van der Waals surface area contributed by atoms with Crippen LogP contribution >= 0.6 is 0 Å². The molecule has 7 nitrogen and oxygen atoms in total. The van der Waals surface area contributed by atoms with Crippen LogP contribution in [0.1, 0.15) is 62.2 Å². The fraction of sp³-hybridized carbons (Fsp3) is 0.667. The van der Waals surface area contributed by atoms with Gasteiger partial charge in [0.15, 0.2) is 5.82 Å². The predicted molar refractivity (Wildman–Crippen MR) is 93.0 cm³/mol. The number of amides is 1. The molecule has 0 aliphatic carbocycles. The number of hydrogen-bond donors (Lipinski definition) is 0. The molecule has 7 heteroatoms. The molecular formula is C18H27N5O2. The molecule has 0 unspecified atom stereocenters. The van der Waals surface area contributed by atoms with Crippen LogP contribution in [0.15, 0.2) is 16.9 Å². The first kappa shape index (κ1) is 17.6. The fourth-order valence-corrected chi connectivity index (χ4v) is 3.29. The number of hydrogen-bond acceptors (Lipinski definition) is 5. The number of carbonyl (C=O) groups excluding carboxylic acids is 1. The van der Waals surface area contributed by atoms with Gasteiger partial charge in [-0.1, -0.05) is 18.5 Å². The molecule has 3 rings (SSSR count). The normalized spacial score (nSPS) is 17.8. The zero-order chi connectivity index (χ0) is 17.6. The molecule has 25 heavy (non-hydrogen) atoms. The van der Waals surface area contributed by atoms with Gasteiger partial charge in [-0.2, -0.15) is 10.1 Å². The van der Waals surface area contributed by atoms with E-state index >= 15 is 0 Å². The van der Waals surface area contributed by atoms with Gasteiger partial charge in [-0.25, -0.2) is 0 Å². The lowest BCUT2D eigenvalue weighted by atomic mass is 9.97. The summed E-state index contributed by atoms with van der Waals surface area (Å²) in [5.41, 5.74) is 1.10. The van der Waals surface area contributed by atoms with E-state index in [2.05, 4.69) is 22.2 Å². The van der Waals surface area contributed by atoms with Gasteiger partial charge >= 0.3 is 0 Å². The van der Waals surface area contributed by atoms with Crippen molar-refractivity contribution in [3.05, 3.63) is 29.7 Å². The maximum Gasteiger partial charge on any atom is 0.231 e. The summed E-state index contributed by atoms with van der Waals surface area (Å²) in [5.74, 6) is 1.84. The lowest BCUT2D eigenvalue weighted by Gasteiger charge is -2.31. The Morgan fingerprint density at radius 3 is 3.04 bits per heavy atom. The number of aromatic nitrogens is 4. The molecule has 2 aromatic heterocycles. The second-order valence-electron chi connectivity index (χ2n) is 6.85. The van der Waals surface area contributed by atoms with Gasteiger partial charge in [0.1, 0.15) is 0 Å². The zero-order valence-electron chi connectivity index (χ0n) is 15.1. The van der Waals surface area contributed by atoms with Crippen LogP contribution in [0.2, 0.25) is 0 Å². The Balaban J connectivity index is 1.53. The van der Waals surface area contributed by atoms with Crippen LogP contribution in [0.3, 0.4) is 0 Å². The molecule has 2 aromatic rings. The quantitative estimate of drug-likeness (QED) is 0.770. The Morgan fingerprint density at radius 1 is 1.40 bits per heavy atom. The van der Waals surface area contributed by atoms with Crippen molar-refractivity contribution in [3.63, 3.8) is 0 Å². The number of unbranched alkanes of at least 4 members (excludes halogenated alkanes) is 1. The summed E-state index contributed by atoms with van der Waals surface area (Å²) in [5, 5.41) is 8.22. The summed E-state index contributed by atoms with van der Waals surface area (Å²) < 4.78 is 7.22. The molecule has 1 amide bonds. The number of piperidine rings is 1. The Morgan fingerprint density at radius 2 is 2.28 bits per heavy atom. The minimum absolute atomic E-state index is 0.166. The second-order valence-corrected chi connectivity index (χ2v) is 6.85. The summed E-state index contributed by atoms with van der Waals surface area (Å²) in [7, 11) is 1.89. The summed E-state index contributed by atoms with van der Waals surface area (Å²) >= 11 is 0. The largest absolute Gasteiger partial charge is 0.342 e. The minimum atomic E-state index is 0.166. The Hall–Kier alpha value is -2.18. The maximum atomic E-state index is 12.5. The first-order valence-electron chi connectivity index (χ1n) is 9.23. The molecule has 0 bridgehead atoms. The van der Waals surface area contributed by atoms with Gasteiger partial charge < -0.3 is 9.42 Å². The minimum Gasteiger partial charge on any atom is -0.342 e. The van der Waals surface area contributed by atoms with Crippen LogP contribution in [0.25, 0.3) is 0 Å². The maximum absolute atomic E-state index is 12.5. The van der Waals surface area contributed by atoms with Gasteiger partial charge in [0, 0.05) is 39.2 Å². The SMILES string of the molecule is CCCCc1noc([C@@H]2CCCN(C(=O)CCc3cnn(C)c3)C2)n1. The van der Waals surface area contributed by atoms with E-state index in [1.165, 1.54) is 0 Å². The number of nitrogens with zero attached hydrogens (tertiary/aromatic N) is 5. The lowest BCUT2D eigenvalue weighted by Crippen LogP contribution is -2.39. The van der Waals surface area contributed by atoms with E-state index in [-0.39, 0.29) is 11.8 Å². The molecule has 1 aliphatic rings. The highest BCUT2D eigenvalue weighted by Crippen LogP contribution is 2.26. The molecule has 1 fully saturated rings. The Kier molecular flexibility index (Phi) is 5.83. The molecule has 0 spiro atoms. The highest BCUT2D eigenvalue weighted by atomic mass is 16.5. The molecule has 1 atom stereocenters. The average molecular weight is 345 g/mol. The van der Waals surface area contributed by atoms with Gasteiger partial charge in [0.05, 0.1) is 12.1 Å². The third kappa shape index (κ3) is 4.67. The molecular weight excluding hydrogens is 318 g/mol. The van der Waals surface area contributed by atoms with Crippen LogP contribution in [0.5, 0.6) is 0 Å². The highest BCUT2D eigenvalue weighted by Gasteiger charge is 2.28. The topological polar surface area (TPSA) is 77.0 Å². The van der Waals surface area contributed by atoms with Crippen LogP contribution in [0.4, 0.5) is 0 Å². The van der Waals surface area contributed by atoms with Gasteiger partial charge in [-0.3, -0.25) is 9.48 Å². The molecule has 0 saturated carbocycles. The molecule has 0 radical (unpaired) electrons. The monoisotopic (exact) mass is 345 g/mol. The van der Waals surface area contributed by atoms with Crippen molar-refractivity contribution in [2.45, 2.75) is 57.8 Å². The van der Waals surface area contributed by atoms with E-state index in [0.29, 0.717) is 18.9 Å². The predicted octanol–water partition coefficient (Wildman–Crippen LogP) is 2.48. The van der Waals surface area contributed by atoms with Crippen molar-refractivity contribution in [1.82, 2.24) is 24.8 Å². The third-order valence-corrected chi connectivity index (χ3v) is 4.75. The lowest BCUT2D eigenvalue weighted by molar-refractivity contribution is -0.132. The number of likely N-dealkylation sites (tertiary alicyclic amines) is 1. The van der Waals surface area contributed by atoms with E-state index in [9.17, 15) is 4.79 Å². The van der Waals surface area contributed by atoms with Crippen molar-refractivity contribution in [2.24, 2.45) is 7.05 Å². The van der Waals surface area contributed by atoms with Gasteiger partial charge in [-0.05, 0) is 31.2 Å². The fourth-order valence-electron chi connectivity index (χ4n) is 3.29. The number of aryl methyl sites for hydroxylation is 3. The average Bonchev–Trinajstić information content (AvgIpc) is 3.27. The smallest absolute Gasteiger partial charge is 0.231 e. The Labute approximate surface area is 148 Å². The van der Waals surface area contributed by atoms with E-state index in [1.54, 1.807) is 4.68 Å². The molecule has 136 valence electrons. The van der Waals surface area contributed by atoms with Crippen LogP contribution < -0.4 is 0 Å². The van der Waals surface area contributed by atoms with Crippen molar-refractivity contribution in [2.75, 3.05) is 13.1 Å². The molecule has 1 saturated heterocycles. The Bertz CT molecular complexity index is 693.